The van der Waals surface area contributed by atoms with Gasteiger partial charge in [-0.1, -0.05) is 48.7 Å². The third-order valence-electron chi connectivity index (χ3n) is 1.92. The number of carbonyl (C=O) groups excluding carboxylic acids is 1. The van der Waals surface area contributed by atoms with Gasteiger partial charge in [-0.3, -0.25) is 4.79 Å². The van der Waals surface area contributed by atoms with Crippen LogP contribution < -0.4 is 0 Å². The molecule has 0 aliphatic carbocycles. The van der Waals surface area contributed by atoms with E-state index in [0.717, 1.165) is 17.3 Å². The molecule has 0 saturated carbocycles. The van der Waals surface area contributed by atoms with Crippen molar-refractivity contribution in [2.75, 3.05) is 11.5 Å². The maximum absolute atomic E-state index is 11.2. The van der Waals surface area contributed by atoms with Gasteiger partial charge in [0.05, 0.1) is 0 Å². The fourth-order valence-corrected chi connectivity index (χ4v) is 2.89. The Morgan fingerprint density at radius 1 is 1.25 bits per heavy atom. The molecule has 16 heavy (non-hydrogen) atoms. The van der Waals surface area contributed by atoms with Crippen molar-refractivity contribution in [3.8, 4) is 0 Å². The Balaban J connectivity index is 2.09. The Kier molecular flexibility index (Phi) is 6.34. The largest absolute Gasteiger partial charge is 0.282 e. The van der Waals surface area contributed by atoms with Crippen molar-refractivity contribution < 1.29 is 4.79 Å². The maximum atomic E-state index is 11.2. The van der Waals surface area contributed by atoms with Gasteiger partial charge in [-0.15, -0.1) is 0 Å². The van der Waals surface area contributed by atoms with E-state index in [1.54, 1.807) is 6.92 Å². The molecule has 0 bridgehead atoms. The predicted octanol–water partition coefficient (Wildman–Crippen LogP) is 3.76. The summed E-state index contributed by atoms with van der Waals surface area (Å²) in [6.07, 6.45) is 0. The molecule has 0 aliphatic heterocycles. The zero-order valence-electron chi connectivity index (χ0n) is 9.44. The number of rotatable bonds is 6. The molecule has 0 fully saturated rings. The molecule has 0 unspecified atom stereocenters. The summed E-state index contributed by atoms with van der Waals surface area (Å²) in [6.45, 7) is 5.38. The summed E-state index contributed by atoms with van der Waals surface area (Å²) in [5.74, 6) is 2.88. The Bertz CT molecular complexity index is 346. The highest BCUT2D eigenvalue weighted by molar-refractivity contribution is 8.14. The van der Waals surface area contributed by atoms with Gasteiger partial charge < -0.3 is 0 Å². The molecular weight excluding hydrogens is 236 g/mol. The molecule has 1 rings (SSSR count). The second-order valence-corrected chi connectivity index (χ2v) is 5.63. The highest BCUT2D eigenvalue weighted by Crippen LogP contribution is 2.15. The lowest BCUT2D eigenvalue weighted by molar-refractivity contribution is -0.107. The number of benzene rings is 1. The summed E-state index contributed by atoms with van der Waals surface area (Å²) in [5, 5.41) is 0.111. The van der Waals surface area contributed by atoms with Gasteiger partial charge in [-0.05, 0) is 18.1 Å². The molecule has 0 radical (unpaired) electrons. The van der Waals surface area contributed by atoms with Crippen molar-refractivity contribution in [2.45, 2.75) is 12.7 Å². The molecule has 1 nitrogen and oxygen atoms in total. The number of carbonyl (C=O) groups is 1. The van der Waals surface area contributed by atoms with Crippen LogP contribution in [0.25, 0.3) is 0 Å². The number of hydrogen-bond donors (Lipinski definition) is 0. The Labute approximate surface area is 106 Å². The number of thioether (sulfide) groups is 2. The van der Waals surface area contributed by atoms with E-state index in [9.17, 15) is 4.79 Å². The summed E-state index contributed by atoms with van der Waals surface area (Å²) in [7, 11) is 0. The number of hydrogen-bond acceptors (Lipinski definition) is 3. The molecule has 0 saturated heterocycles. The lowest BCUT2D eigenvalue weighted by Gasteiger charge is -2.01. The minimum Gasteiger partial charge on any atom is -0.282 e. The van der Waals surface area contributed by atoms with Gasteiger partial charge in [-0.2, -0.15) is 11.8 Å². The Morgan fingerprint density at radius 2 is 1.94 bits per heavy atom. The first kappa shape index (κ1) is 13.4. The van der Waals surface area contributed by atoms with E-state index < -0.39 is 0 Å². The van der Waals surface area contributed by atoms with Crippen molar-refractivity contribution >= 4 is 28.6 Å². The summed E-state index contributed by atoms with van der Waals surface area (Å²) >= 11 is 3.22. The van der Waals surface area contributed by atoms with Crippen molar-refractivity contribution in [3.05, 3.63) is 48.0 Å². The van der Waals surface area contributed by atoms with Gasteiger partial charge in [0, 0.05) is 17.3 Å². The average Bonchev–Trinajstić information content (AvgIpc) is 2.29. The van der Waals surface area contributed by atoms with Crippen molar-refractivity contribution in [1.29, 1.82) is 0 Å². The van der Waals surface area contributed by atoms with Gasteiger partial charge in [-0.25, -0.2) is 0 Å². The third-order valence-corrected chi connectivity index (χ3v) is 4.23. The molecule has 0 aromatic heterocycles. The quantitative estimate of drug-likeness (QED) is 0.567. The lowest BCUT2D eigenvalue weighted by atomic mass is 10.2. The smallest absolute Gasteiger partial charge is 0.214 e. The van der Waals surface area contributed by atoms with Gasteiger partial charge in [0.25, 0.3) is 0 Å². The standard InChI is InChI=1S/C13H16OS2/c1-11(2)13(14)16-9-8-15-10-12-6-4-3-5-7-12/h3-7H,1,8-10H2,2H3. The van der Waals surface area contributed by atoms with Crippen LogP contribution in [0.15, 0.2) is 42.5 Å². The fourth-order valence-electron chi connectivity index (χ4n) is 1.08. The van der Waals surface area contributed by atoms with Gasteiger partial charge >= 0.3 is 0 Å². The van der Waals surface area contributed by atoms with E-state index in [4.69, 9.17) is 0 Å². The maximum Gasteiger partial charge on any atom is 0.214 e. The average molecular weight is 252 g/mol. The second-order valence-electron chi connectivity index (χ2n) is 3.45. The fraction of sp³-hybridized carbons (Fsp3) is 0.308. The van der Waals surface area contributed by atoms with E-state index in [-0.39, 0.29) is 5.12 Å². The highest BCUT2D eigenvalue weighted by atomic mass is 32.2. The van der Waals surface area contributed by atoms with Crippen LogP contribution in [0.3, 0.4) is 0 Å². The topological polar surface area (TPSA) is 17.1 Å². The molecule has 0 spiro atoms. The van der Waals surface area contributed by atoms with Crippen molar-refractivity contribution in [2.24, 2.45) is 0 Å². The summed E-state index contributed by atoms with van der Waals surface area (Å²) in [6, 6.07) is 10.4. The molecule has 1 aromatic rings. The van der Waals surface area contributed by atoms with E-state index in [1.165, 1.54) is 17.3 Å². The molecule has 3 heteroatoms. The van der Waals surface area contributed by atoms with Crippen LogP contribution in [-0.2, 0) is 10.5 Å². The van der Waals surface area contributed by atoms with E-state index >= 15 is 0 Å². The van der Waals surface area contributed by atoms with Gasteiger partial charge in [0.1, 0.15) is 0 Å². The summed E-state index contributed by atoms with van der Waals surface area (Å²) in [5.41, 5.74) is 1.97. The van der Waals surface area contributed by atoms with Crippen LogP contribution in [0.4, 0.5) is 0 Å². The second kappa shape index (κ2) is 7.58. The first-order chi connectivity index (χ1) is 7.70. The van der Waals surface area contributed by atoms with Crippen LogP contribution in [0, 0.1) is 0 Å². The van der Waals surface area contributed by atoms with Crippen LogP contribution in [0.5, 0.6) is 0 Å². The Morgan fingerprint density at radius 3 is 2.56 bits per heavy atom. The van der Waals surface area contributed by atoms with E-state index in [1.807, 2.05) is 17.8 Å². The molecular formula is C13H16OS2. The lowest BCUT2D eigenvalue weighted by Crippen LogP contribution is -1.95. The summed E-state index contributed by atoms with van der Waals surface area (Å²) < 4.78 is 0. The molecule has 0 amide bonds. The van der Waals surface area contributed by atoms with Crippen LogP contribution in [-0.4, -0.2) is 16.6 Å². The predicted molar refractivity (Wildman–Crippen MR) is 74.9 cm³/mol. The molecule has 0 atom stereocenters. The summed E-state index contributed by atoms with van der Waals surface area (Å²) in [4.78, 5) is 11.2. The molecule has 0 aliphatic rings. The minimum absolute atomic E-state index is 0.111. The van der Waals surface area contributed by atoms with Gasteiger partial charge in [0.2, 0.25) is 5.12 Å². The normalized spacial score (nSPS) is 10.1. The highest BCUT2D eigenvalue weighted by Gasteiger charge is 2.02. The molecule has 0 N–H and O–H groups in total. The van der Waals surface area contributed by atoms with E-state index in [0.29, 0.717) is 5.57 Å². The first-order valence-corrected chi connectivity index (χ1v) is 7.28. The molecule has 86 valence electrons. The van der Waals surface area contributed by atoms with Crippen LogP contribution in [0.1, 0.15) is 12.5 Å². The SMILES string of the molecule is C=C(C)C(=O)SCCSCc1ccccc1. The first-order valence-electron chi connectivity index (χ1n) is 5.14. The zero-order chi connectivity index (χ0) is 11.8. The van der Waals surface area contributed by atoms with Gasteiger partial charge in [0.15, 0.2) is 0 Å². The van der Waals surface area contributed by atoms with Crippen LogP contribution >= 0.6 is 23.5 Å². The Hall–Kier alpha value is -0.670. The molecule has 0 heterocycles. The molecule has 1 aromatic carbocycles. The zero-order valence-corrected chi connectivity index (χ0v) is 11.1. The third kappa shape index (κ3) is 5.42. The monoisotopic (exact) mass is 252 g/mol. The van der Waals surface area contributed by atoms with Crippen LogP contribution in [0.2, 0.25) is 0 Å². The van der Waals surface area contributed by atoms with Crippen molar-refractivity contribution in [3.63, 3.8) is 0 Å². The van der Waals surface area contributed by atoms with E-state index in [2.05, 4.69) is 30.8 Å². The van der Waals surface area contributed by atoms with Crippen molar-refractivity contribution in [1.82, 2.24) is 0 Å². The minimum atomic E-state index is 0.111.